The SMILES string of the molecule is Cc1nc(C(=O)N(C)CCC(N)=O)nc(N2CC[C@@H](N(C)C)C2)c1C. The maximum atomic E-state index is 12.6. The van der Waals surface area contributed by atoms with E-state index in [2.05, 4.69) is 33.9 Å². The van der Waals surface area contributed by atoms with Crippen molar-refractivity contribution in [1.82, 2.24) is 19.8 Å². The van der Waals surface area contributed by atoms with E-state index in [0.717, 1.165) is 36.6 Å². The minimum Gasteiger partial charge on any atom is -0.370 e. The third-order valence-electron chi connectivity index (χ3n) is 4.79. The van der Waals surface area contributed by atoms with Crippen LogP contribution in [-0.2, 0) is 4.79 Å². The quantitative estimate of drug-likeness (QED) is 0.788. The van der Waals surface area contributed by atoms with Crippen molar-refractivity contribution in [2.24, 2.45) is 5.73 Å². The van der Waals surface area contributed by atoms with E-state index in [1.807, 2.05) is 13.8 Å². The third-order valence-corrected chi connectivity index (χ3v) is 4.79. The molecule has 0 saturated carbocycles. The highest BCUT2D eigenvalue weighted by Crippen LogP contribution is 2.25. The van der Waals surface area contributed by atoms with Gasteiger partial charge in [0.15, 0.2) is 0 Å². The number of nitrogens with two attached hydrogens (primary N) is 1. The molecule has 1 atom stereocenters. The number of nitrogens with zero attached hydrogens (tertiary/aromatic N) is 5. The molecule has 1 fully saturated rings. The molecule has 2 amide bonds. The topological polar surface area (TPSA) is 95.7 Å². The molecule has 8 heteroatoms. The van der Waals surface area contributed by atoms with Crippen LogP contribution in [0, 0.1) is 13.8 Å². The normalized spacial score (nSPS) is 17.2. The van der Waals surface area contributed by atoms with E-state index in [0.29, 0.717) is 6.04 Å². The summed E-state index contributed by atoms with van der Waals surface area (Å²) in [6.45, 7) is 5.92. The van der Waals surface area contributed by atoms with E-state index in [-0.39, 0.29) is 24.7 Å². The molecule has 2 rings (SSSR count). The molecule has 1 saturated heterocycles. The van der Waals surface area contributed by atoms with Gasteiger partial charge in [-0.25, -0.2) is 9.97 Å². The van der Waals surface area contributed by atoms with Gasteiger partial charge in [-0.05, 0) is 34.4 Å². The Balaban J connectivity index is 2.23. The summed E-state index contributed by atoms with van der Waals surface area (Å²) in [6.07, 6.45) is 1.19. The first-order chi connectivity index (χ1) is 11.7. The number of primary amides is 1. The number of carbonyl (C=O) groups excluding carboxylic acids is 2. The molecule has 2 heterocycles. The Morgan fingerprint density at radius 3 is 2.48 bits per heavy atom. The van der Waals surface area contributed by atoms with Crippen LogP contribution in [0.2, 0.25) is 0 Å². The molecule has 0 spiro atoms. The summed E-state index contributed by atoms with van der Waals surface area (Å²) in [7, 11) is 5.78. The first kappa shape index (κ1) is 19.1. The Labute approximate surface area is 149 Å². The second kappa shape index (κ2) is 7.77. The number of aromatic nitrogens is 2. The Bertz CT molecular complexity index is 661. The highest BCUT2D eigenvalue weighted by molar-refractivity contribution is 5.91. The zero-order valence-electron chi connectivity index (χ0n) is 15.7. The summed E-state index contributed by atoms with van der Waals surface area (Å²) in [5, 5.41) is 0. The van der Waals surface area contributed by atoms with E-state index < -0.39 is 5.91 Å². The average molecular weight is 348 g/mol. The van der Waals surface area contributed by atoms with Crippen LogP contribution < -0.4 is 10.6 Å². The van der Waals surface area contributed by atoms with Crippen molar-refractivity contribution in [3.63, 3.8) is 0 Å². The molecular weight excluding hydrogens is 320 g/mol. The molecular formula is C17H28N6O2. The van der Waals surface area contributed by atoms with E-state index in [4.69, 9.17) is 5.73 Å². The summed E-state index contributed by atoms with van der Waals surface area (Å²) >= 11 is 0. The Morgan fingerprint density at radius 2 is 1.92 bits per heavy atom. The fourth-order valence-corrected chi connectivity index (χ4v) is 2.92. The van der Waals surface area contributed by atoms with Crippen molar-refractivity contribution < 1.29 is 9.59 Å². The number of aryl methyl sites for hydroxylation is 1. The number of rotatable bonds is 6. The van der Waals surface area contributed by atoms with Gasteiger partial charge in [-0.2, -0.15) is 0 Å². The van der Waals surface area contributed by atoms with Crippen LogP contribution >= 0.6 is 0 Å². The Hall–Kier alpha value is -2.22. The standard InChI is InChI=1S/C17H28N6O2/c1-11-12(2)19-15(17(25)22(5)8-7-14(18)24)20-16(11)23-9-6-13(10-23)21(3)4/h13H,6-10H2,1-5H3,(H2,18,24)/t13-/m1/s1. The largest absolute Gasteiger partial charge is 0.370 e. The molecule has 8 nitrogen and oxygen atoms in total. The van der Waals surface area contributed by atoms with Crippen molar-refractivity contribution in [3.8, 4) is 0 Å². The average Bonchev–Trinajstić information content (AvgIpc) is 3.04. The molecule has 0 bridgehead atoms. The summed E-state index contributed by atoms with van der Waals surface area (Å²) in [6, 6.07) is 0.479. The summed E-state index contributed by atoms with van der Waals surface area (Å²) in [5.41, 5.74) is 6.94. The van der Waals surface area contributed by atoms with Gasteiger partial charge in [0.1, 0.15) is 5.82 Å². The van der Waals surface area contributed by atoms with Gasteiger partial charge in [0.2, 0.25) is 11.7 Å². The lowest BCUT2D eigenvalue weighted by molar-refractivity contribution is -0.118. The first-order valence-corrected chi connectivity index (χ1v) is 8.51. The number of likely N-dealkylation sites (N-methyl/N-ethyl adjacent to an activating group) is 1. The minimum atomic E-state index is -0.437. The van der Waals surface area contributed by atoms with E-state index in [9.17, 15) is 9.59 Å². The number of hydrogen-bond donors (Lipinski definition) is 1. The van der Waals surface area contributed by atoms with Gasteiger partial charge < -0.3 is 20.4 Å². The molecule has 0 unspecified atom stereocenters. The van der Waals surface area contributed by atoms with Crippen LogP contribution in [-0.4, -0.2) is 78.4 Å². The first-order valence-electron chi connectivity index (χ1n) is 8.51. The zero-order chi connectivity index (χ0) is 18.7. The van der Waals surface area contributed by atoms with Crippen molar-refractivity contribution >= 4 is 17.6 Å². The minimum absolute atomic E-state index is 0.122. The predicted octanol–water partition coefficient (Wildman–Crippen LogP) is 0.181. The lowest BCUT2D eigenvalue weighted by Gasteiger charge is -2.24. The molecule has 1 aliphatic heterocycles. The zero-order valence-corrected chi connectivity index (χ0v) is 15.7. The highest BCUT2D eigenvalue weighted by atomic mass is 16.2. The lowest BCUT2D eigenvalue weighted by atomic mass is 10.2. The molecule has 1 aromatic heterocycles. The van der Waals surface area contributed by atoms with E-state index in [1.54, 1.807) is 7.05 Å². The van der Waals surface area contributed by atoms with Crippen LogP contribution in [0.15, 0.2) is 0 Å². The molecule has 0 aromatic carbocycles. The second-order valence-corrected chi connectivity index (χ2v) is 6.88. The van der Waals surface area contributed by atoms with Crippen LogP contribution in [0.3, 0.4) is 0 Å². The van der Waals surface area contributed by atoms with Gasteiger partial charge in [-0.15, -0.1) is 0 Å². The number of carbonyl (C=O) groups is 2. The van der Waals surface area contributed by atoms with Crippen molar-refractivity contribution in [3.05, 3.63) is 17.1 Å². The van der Waals surface area contributed by atoms with E-state index in [1.165, 1.54) is 4.90 Å². The summed E-state index contributed by atoms with van der Waals surface area (Å²) in [4.78, 5) is 38.3. The van der Waals surface area contributed by atoms with Crippen LogP contribution in [0.25, 0.3) is 0 Å². The molecule has 1 aliphatic rings. The lowest BCUT2D eigenvalue weighted by Crippen LogP contribution is -2.34. The summed E-state index contributed by atoms with van der Waals surface area (Å²) in [5.74, 6) is 0.254. The van der Waals surface area contributed by atoms with E-state index >= 15 is 0 Å². The van der Waals surface area contributed by atoms with Gasteiger partial charge in [0.25, 0.3) is 5.91 Å². The number of amides is 2. The predicted molar refractivity (Wildman–Crippen MR) is 96.6 cm³/mol. The second-order valence-electron chi connectivity index (χ2n) is 6.88. The van der Waals surface area contributed by atoms with Gasteiger partial charge >= 0.3 is 0 Å². The fourth-order valence-electron chi connectivity index (χ4n) is 2.92. The van der Waals surface area contributed by atoms with Gasteiger partial charge in [-0.1, -0.05) is 0 Å². The van der Waals surface area contributed by atoms with Crippen LogP contribution in [0.1, 0.15) is 34.7 Å². The molecule has 2 N–H and O–H groups in total. The monoisotopic (exact) mass is 348 g/mol. The smallest absolute Gasteiger partial charge is 0.291 e. The maximum Gasteiger partial charge on any atom is 0.291 e. The number of hydrogen-bond acceptors (Lipinski definition) is 6. The van der Waals surface area contributed by atoms with Crippen LogP contribution in [0.4, 0.5) is 5.82 Å². The Morgan fingerprint density at radius 1 is 1.24 bits per heavy atom. The molecule has 0 radical (unpaired) electrons. The molecule has 1 aromatic rings. The van der Waals surface area contributed by atoms with Crippen molar-refractivity contribution in [2.75, 3.05) is 45.7 Å². The molecule has 25 heavy (non-hydrogen) atoms. The van der Waals surface area contributed by atoms with Crippen molar-refractivity contribution in [1.29, 1.82) is 0 Å². The van der Waals surface area contributed by atoms with Crippen molar-refractivity contribution in [2.45, 2.75) is 32.7 Å². The third kappa shape index (κ3) is 4.45. The highest BCUT2D eigenvalue weighted by Gasteiger charge is 2.28. The Kier molecular flexibility index (Phi) is 5.94. The van der Waals surface area contributed by atoms with Gasteiger partial charge in [0, 0.05) is 50.4 Å². The fraction of sp³-hybridized carbons (Fsp3) is 0.647. The van der Waals surface area contributed by atoms with Gasteiger partial charge in [-0.3, -0.25) is 9.59 Å². The maximum absolute atomic E-state index is 12.6. The number of anilines is 1. The molecule has 138 valence electrons. The van der Waals surface area contributed by atoms with Crippen LogP contribution in [0.5, 0.6) is 0 Å². The molecule has 0 aliphatic carbocycles. The van der Waals surface area contributed by atoms with Gasteiger partial charge in [0.05, 0.1) is 0 Å². The summed E-state index contributed by atoms with van der Waals surface area (Å²) < 4.78 is 0.